The average molecular weight is 421 g/mol. The van der Waals surface area contributed by atoms with Crippen molar-refractivity contribution in [2.24, 2.45) is 5.92 Å². The molecule has 0 aliphatic carbocycles. The monoisotopic (exact) mass is 421 g/mol. The van der Waals surface area contributed by atoms with Crippen LogP contribution in [0.4, 0.5) is 28.9 Å². The molecule has 160 valence electrons. The molecule has 4 nitrogen and oxygen atoms in total. The van der Waals surface area contributed by atoms with Crippen molar-refractivity contribution in [2.75, 3.05) is 36.0 Å². The predicted molar refractivity (Wildman–Crippen MR) is 107 cm³/mol. The number of rotatable bonds is 3. The first kappa shape index (κ1) is 20.5. The molecule has 1 N–H and O–H groups in total. The molecule has 0 unspecified atom stereocenters. The van der Waals surface area contributed by atoms with Gasteiger partial charge in [-0.05, 0) is 61.4 Å². The molecule has 8 heteroatoms. The Morgan fingerprint density at radius 3 is 2.53 bits per heavy atom. The van der Waals surface area contributed by atoms with Crippen molar-refractivity contribution >= 4 is 17.3 Å². The van der Waals surface area contributed by atoms with E-state index in [9.17, 15) is 22.4 Å². The molecule has 2 aromatic carbocycles. The summed E-state index contributed by atoms with van der Waals surface area (Å²) in [6, 6.07) is 9.83. The molecular weight excluding hydrogens is 398 g/mol. The number of nitrogens with zero attached hydrogens (tertiary/aromatic N) is 2. The van der Waals surface area contributed by atoms with E-state index >= 15 is 0 Å². The van der Waals surface area contributed by atoms with Crippen LogP contribution >= 0.6 is 0 Å². The summed E-state index contributed by atoms with van der Waals surface area (Å²) in [5.41, 5.74) is 1.48. The third-order valence-corrected chi connectivity index (χ3v) is 5.92. The minimum absolute atomic E-state index is 0.156. The quantitative estimate of drug-likeness (QED) is 0.765. The Balaban J connectivity index is 1.68. The molecule has 0 spiro atoms. The van der Waals surface area contributed by atoms with Crippen molar-refractivity contribution in [1.82, 2.24) is 5.32 Å². The molecule has 30 heavy (non-hydrogen) atoms. The number of halogens is 4. The second kappa shape index (κ2) is 7.81. The largest absolute Gasteiger partial charge is 0.416 e. The van der Waals surface area contributed by atoms with Gasteiger partial charge in [-0.25, -0.2) is 4.39 Å². The van der Waals surface area contributed by atoms with Crippen LogP contribution < -0.4 is 15.1 Å². The third-order valence-electron chi connectivity index (χ3n) is 5.92. The smallest absolute Gasteiger partial charge is 0.368 e. The summed E-state index contributed by atoms with van der Waals surface area (Å²) >= 11 is 0. The maximum Gasteiger partial charge on any atom is 0.416 e. The van der Waals surface area contributed by atoms with E-state index in [-0.39, 0.29) is 24.2 Å². The summed E-state index contributed by atoms with van der Waals surface area (Å²) in [6.07, 6.45) is -4.17. The number of hydrogen-bond donors (Lipinski definition) is 1. The van der Waals surface area contributed by atoms with E-state index in [1.54, 1.807) is 12.1 Å². The number of benzene rings is 2. The maximum absolute atomic E-state index is 13.3. The number of hydrogen-bond acceptors (Lipinski definition) is 3. The van der Waals surface area contributed by atoms with E-state index < -0.39 is 17.7 Å². The van der Waals surface area contributed by atoms with Gasteiger partial charge < -0.3 is 15.1 Å². The number of anilines is 2. The number of carbonyl (C=O) groups is 1. The Morgan fingerprint density at radius 1 is 1.13 bits per heavy atom. The van der Waals surface area contributed by atoms with E-state index in [2.05, 4.69) is 15.1 Å². The predicted octanol–water partition coefficient (Wildman–Crippen LogP) is 3.85. The van der Waals surface area contributed by atoms with Gasteiger partial charge >= 0.3 is 6.18 Å². The van der Waals surface area contributed by atoms with Gasteiger partial charge in [0.25, 0.3) is 0 Å². The van der Waals surface area contributed by atoms with Crippen molar-refractivity contribution in [3.05, 3.63) is 59.4 Å². The Bertz CT molecular complexity index is 929. The zero-order chi connectivity index (χ0) is 21.5. The number of fused-ring (bicyclic) bond motifs is 3. The lowest BCUT2D eigenvalue weighted by molar-refractivity contribution is -0.137. The van der Waals surface area contributed by atoms with Crippen LogP contribution in [0.15, 0.2) is 42.5 Å². The Kier molecular flexibility index (Phi) is 5.34. The van der Waals surface area contributed by atoms with E-state index in [0.29, 0.717) is 31.7 Å². The SMILES string of the molecule is CCNC(=O)[C@@H]1Cc2cc(C(F)(F)F)ccc2N2CCN(c3ccc(F)cc3)C[C@@H]12. The molecule has 0 radical (unpaired) electrons. The van der Waals surface area contributed by atoms with Gasteiger partial charge in [0.15, 0.2) is 0 Å². The fourth-order valence-corrected chi connectivity index (χ4v) is 4.49. The van der Waals surface area contributed by atoms with E-state index in [4.69, 9.17) is 0 Å². The van der Waals surface area contributed by atoms with Gasteiger partial charge in [-0.3, -0.25) is 4.79 Å². The van der Waals surface area contributed by atoms with Gasteiger partial charge in [0.1, 0.15) is 5.82 Å². The van der Waals surface area contributed by atoms with Crippen LogP contribution in [0.1, 0.15) is 18.1 Å². The van der Waals surface area contributed by atoms with Crippen molar-refractivity contribution in [1.29, 1.82) is 0 Å². The third kappa shape index (κ3) is 3.82. The molecule has 2 heterocycles. The van der Waals surface area contributed by atoms with Crippen molar-refractivity contribution < 1.29 is 22.4 Å². The zero-order valence-electron chi connectivity index (χ0n) is 16.5. The topological polar surface area (TPSA) is 35.6 Å². The first-order valence-electron chi connectivity index (χ1n) is 10.0. The van der Waals surface area contributed by atoms with Gasteiger partial charge in [-0.15, -0.1) is 0 Å². The average Bonchev–Trinajstić information content (AvgIpc) is 2.72. The molecule has 2 aliphatic heterocycles. The normalized spacial score (nSPS) is 21.1. The highest BCUT2D eigenvalue weighted by atomic mass is 19.4. The fraction of sp³-hybridized carbons (Fsp3) is 0.409. The summed E-state index contributed by atoms with van der Waals surface area (Å²) in [4.78, 5) is 17.0. The van der Waals surface area contributed by atoms with Gasteiger partial charge in [-0.1, -0.05) is 0 Å². The van der Waals surface area contributed by atoms with Crippen LogP contribution in [0.2, 0.25) is 0 Å². The summed E-state index contributed by atoms with van der Waals surface area (Å²) in [7, 11) is 0. The summed E-state index contributed by atoms with van der Waals surface area (Å²) in [5, 5.41) is 2.83. The van der Waals surface area contributed by atoms with E-state index in [1.165, 1.54) is 24.3 Å². The summed E-state index contributed by atoms with van der Waals surface area (Å²) < 4.78 is 52.9. The highest BCUT2D eigenvalue weighted by molar-refractivity contribution is 5.82. The lowest BCUT2D eigenvalue weighted by Crippen LogP contribution is -2.61. The lowest BCUT2D eigenvalue weighted by Gasteiger charge is -2.49. The highest BCUT2D eigenvalue weighted by Crippen LogP contribution is 2.40. The molecule has 1 amide bonds. The number of piperazine rings is 1. The van der Waals surface area contributed by atoms with Crippen LogP contribution in [0.5, 0.6) is 0 Å². The van der Waals surface area contributed by atoms with Crippen LogP contribution in [0.25, 0.3) is 0 Å². The van der Waals surface area contributed by atoms with Crippen molar-refractivity contribution in [3.63, 3.8) is 0 Å². The maximum atomic E-state index is 13.3. The molecule has 1 fully saturated rings. The van der Waals surface area contributed by atoms with Crippen LogP contribution in [-0.4, -0.2) is 38.1 Å². The van der Waals surface area contributed by atoms with Crippen molar-refractivity contribution in [3.8, 4) is 0 Å². The van der Waals surface area contributed by atoms with Gasteiger partial charge in [0.2, 0.25) is 5.91 Å². The molecule has 0 aromatic heterocycles. The van der Waals surface area contributed by atoms with Crippen molar-refractivity contribution in [2.45, 2.75) is 25.6 Å². The van der Waals surface area contributed by atoms with Gasteiger partial charge in [-0.2, -0.15) is 13.2 Å². The number of carbonyl (C=O) groups excluding carboxylic acids is 1. The Labute approximate surface area is 172 Å². The van der Waals surface area contributed by atoms with Crippen LogP contribution in [0, 0.1) is 11.7 Å². The molecule has 4 rings (SSSR count). The molecule has 0 saturated carbocycles. The lowest BCUT2D eigenvalue weighted by atomic mass is 9.82. The van der Waals surface area contributed by atoms with Crippen LogP contribution in [-0.2, 0) is 17.4 Å². The Hall–Kier alpha value is -2.77. The van der Waals surface area contributed by atoms with E-state index in [1.807, 2.05) is 6.92 Å². The number of nitrogens with one attached hydrogen (secondary N) is 1. The highest BCUT2D eigenvalue weighted by Gasteiger charge is 2.42. The Morgan fingerprint density at radius 2 is 1.87 bits per heavy atom. The fourth-order valence-electron chi connectivity index (χ4n) is 4.49. The zero-order valence-corrected chi connectivity index (χ0v) is 16.5. The standard InChI is InChI=1S/C22H23F4N3O/c1-2-27-21(30)18-12-14-11-15(22(24,25)26)3-8-19(14)29-10-9-28(13-20(18)29)17-6-4-16(23)5-7-17/h3-8,11,18,20H,2,9-10,12-13H2,1H3,(H,27,30)/t18-,20+/m1/s1. The minimum atomic E-state index is -4.42. The first-order chi connectivity index (χ1) is 14.3. The number of amides is 1. The molecule has 1 saturated heterocycles. The van der Waals surface area contributed by atoms with Gasteiger partial charge in [0, 0.05) is 37.6 Å². The second-order valence-electron chi connectivity index (χ2n) is 7.73. The summed E-state index contributed by atoms with van der Waals surface area (Å²) in [6.45, 7) is 4.01. The number of alkyl halides is 3. The molecule has 2 aromatic rings. The molecule has 0 bridgehead atoms. The minimum Gasteiger partial charge on any atom is -0.368 e. The summed E-state index contributed by atoms with van der Waals surface area (Å²) in [5.74, 6) is -0.939. The first-order valence-corrected chi connectivity index (χ1v) is 10.0. The molecule has 2 atom stereocenters. The van der Waals surface area contributed by atoms with E-state index in [0.717, 1.165) is 17.4 Å². The van der Waals surface area contributed by atoms with Gasteiger partial charge in [0.05, 0.1) is 17.5 Å². The molecule has 2 aliphatic rings. The second-order valence-corrected chi connectivity index (χ2v) is 7.73. The molecular formula is C22H23F4N3O. The van der Waals surface area contributed by atoms with Crippen LogP contribution in [0.3, 0.4) is 0 Å².